The number of benzene rings is 1. The van der Waals surface area contributed by atoms with Crippen LogP contribution in [-0.2, 0) is 0 Å². The van der Waals surface area contributed by atoms with Gasteiger partial charge < -0.3 is 5.73 Å². The van der Waals surface area contributed by atoms with Crippen LogP contribution >= 0.6 is 22.6 Å². The summed E-state index contributed by atoms with van der Waals surface area (Å²) in [7, 11) is 0. The SMILES string of the molecule is Nc1cccc([131I])c1. The average molecular weight is 223 g/mol. The number of anilines is 1. The van der Waals surface area contributed by atoms with Crippen LogP contribution in [-0.4, -0.2) is 0 Å². The molecule has 1 aromatic carbocycles. The summed E-state index contributed by atoms with van der Waals surface area (Å²) in [5, 5.41) is 0. The van der Waals surface area contributed by atoms with Gasteiger partial charge in [0.15, 0.2) is 0 Å². The third kappa shape index (κ3) is 1.36. The number of rotatable bonds is 0. The third-order valence-electron chi connectivity index (χ3n) is 0.849. The highest BCUT2D eigenvalue weighted by Gasteiger charge is 1.82. The van der Waals surface area contributed by atoms with Gasteiger partial charge in [-0.25, -0.2) is 0 Å². The lowest BCUT2D eigenvalue weighted by molar-refractivity contribution is 1.63. The molecule has 0 atom stereocenters. The first-order chi connectivity index (χ1) is 3.79. The molecular formula is C6H6IN. The van der Waals surface area contributed by atoms with Gasteiger partial charge in [0.2, 0.25) is 0 Å². The Morgan fingerprint density at radius 3 is 2.50 bits per heavy atom. The summed E-state index contributed by atoms with van der Waals surface area (Å²) < 4.78 is 1.18. The van der Waals surface area contributed by atoms with Crippen molar-refractivity contribution in [2.45, 2.75) is 0 Å². The monoisotopic (exact) mass is 223 g/mol. The summed E-state index contributed by atoms with van der Waals surface area (Å²) in [6.07, 6.45) is 0. The molecule has 0 heterocycles. The molecule has 0 aromatic heterocycles. The van der Waals surface area contributed by atoms with Crippen molar-refractivity contribution in [1.82, 2.24) is 0 Å². The maximum atomic E-state index is 5.45. The van der Waals surface area contributed by atoms with E-state index in [2.05, 4.69) is 22.6 Å². The van der Waals surface area contributed by atoms with Crippen molar-refractivity contribution in [3.63, 3.8) is 0 Å². The second kappa shape index (κ2) is 2.35. The van der Waals surface area contributed by atoms with E-state index in [0.29, 0.717) is 0 Å². The zero-order valence-electron chi connectivity index (χ0n) is 4.26. The molecule has 0 bridgehead atoms. The molecule has 0 spiro atoms. The Kier molecular flexibility index (Phi) is 1.73. The second-order valence-corrected chi connectivity index (χ2v) is 2.80. The maximum Gasteiger partial charge on any atom is 0.0324 e. The molecule has 0 aliphatic rings. The van der Waals surface area contributed by atoms with Crippen LogP contribution in [0.15, 0.2) is 24.3 Å². The average Bonchev–Trinajstić information content (AvgIpc) is 1.64. The number of nitrogen functional groups attached to an aromatic ring is 1. The molecule has 42 valence electrons. The Balaban J connectivity index is 3.08. The molecule has 0 unspecified atom stereocenters. The molecule has 2 heteroatoms. The molecule has 1 rings (SSSR count). The molecule has 0 saturated heterocycles. The lowest BCUT2D eigenvalue weighted by Gasteiger charge is -1.89. The van der Waals surface area contributed by atoms with Crippen LogP contribution in [0, 0.1) is 3.57 Å². The largest absolute Gasteiger partial charge is 0.399 e. The predicted octanol–water partition coefficient (Wildman–Crippen LogP) is 1.87. The van der Waals surface area contributed by atoms with Gasteiger partial charge in [0.25, 0.3) is 0 Å². The summed E-state index contributed by atoms with van der Waals surface area (Å²) in [6, 6.07) is 7.76. The van der Waals surface area contributed by atoms with Crippen molar-refractivity contribution < 1.29 is 0 Å². The van der Waals surface area contributed by atoms with Crippen LogP contribution < -0.4 is 5.73 Å². The molecule has 0 amide bonds. The van der Waals surface area contributed by atoms with Crippen molar-refractivity contribution >= 4 is 28.3 Å². The van der Waals surface area contributed by atoms with E-state index in [-0.39, 0.29) is 0 Å². The third-order valence-corrected chi connectivity index (χ3v) is 1.52. The Bertz CT molecular complexity index is 168. The summed E-state index contributed by atoms with van der Waals surface area (Å²) in [5.74, 6) is 0. The minimum atomic E-state index is 0.830. The highest BCUT2D eigenvalue weighted by atomic mass is 131. The van der Waals surface area contributed by atoms with Crippen LogP contribution in [0.4, 0.5) is 5.69 Å². The molecule has 2 N–H and O–H groups in total. The van der Waals surface area contributed by atoms with Gasteiger partial charge in [-0.2, -0.15) is 0 Å². The van der Waals surface area contributed by atoms with Crippen molar-refractivity contribution in [2.24, 2.45) is 0 Å². The maximum absolute atomic E-state index is 5.45. The van der Waals surface area contributed by atoms with Gasteiger partial charge in [-0.05, 0) is 40.8 Å². The van der Waals surface area contributed by atoms with E-state index in [1.807, 2.05) is 24.3 Å². The number of hydrogen-bond donors (Lipinski definition) is 1. The molecule has 0 aliphatic heterocycles. The lowest BCUT2D eigenvalue weighted by Crippen LogP contribution is -1.82. The normalized spacial score (nSPS) is 9.12. The van der Waals surface area contributed by atoms with Crippen LogP contribution in [0.2, 0.25) is 0 Å². The Morgan fingerprint density at radius 2 is 2.12 bits per heavy atom. The summed E-state index contributed by atoms with van der Waals surface area (Å²) in [5.41, 5.74) is 6.28. The summed E-state index contributed by atoms with van der Waals surface area (Å²) in [4.78, 5) is 0. The van der Waals surface area contributed by atoms with Gasteiger partial charge in [0.1, 0.15) is 0 Å². The summed E-state index contributed by atoms with van der Waals surface area (Å²) in [6.45, 7) is 0. The fraction of sp³-hybridized carbons (Fsp3) is 0. The first-order valence-corrected chi connectivity index (χ1v) is 3.38. The fourth-order valence-corrected chi connectivity index (χ4v) is 1.07. The number of nitrogens with two attached hydrogens (primary N) is 1. The van der Waals surface area contributed by atoms with Crippen molar-refractivity contribution in [2.75, 3.05) is 5.73 Å². The molecule has 8 heavy (non-hydrogen) atoms. The Morgan fingerprint density at radius 1 is 1.38 bits per heavy atom. The first kappa shape index (κ1) is 5.88. The minimum absolute atomic E-state index is 0.830. The molecule has 0 saturated carbocycles. The van der Waals surface area contributed by atoms with E-state index in [1.54, 1.807) is 0 Å². The Hall–Kier alpha value is -0.250. The lowest BCUT2D eigenvalue weighted by atomic mass is 10.3. The number of hydrogen-bond acceptors (Lipinski definition) is 1. The van der Waals surface area contributed by atoms with Crippen LogP contribution in [0.5, 0.6) is 0 Å². The first-order valence-electron chi connectivity index (χ1n) is 2.30. The van der Waals surface area contributed by atoms with Gasteiger partial charge in [-0.15, -0.1) is 0 Å². The minimum Gasteiger partial charge on any atom is -0.399 e. The van der Waals surface area contributed by atoms with Gasteiger partial charge >= 0.3 is 0 Å². The van der Waals surface area contributed by atoms with E-state index in [4.69, 9.17) is 5.73 Å². The van der Waals surface area contributed by atoms with Gasteiger partial charge in [0.05, 0.1) is 0 Å². The van der Waals surface area contributed by atoms with Crippen molar-refractivity contribution in [1.29, 1.82) is 0 Å². The van der Waals surface area contributed by atoms with E-state index in [0.717, 1.165) is 5.69 Å². The quantitative estimate of drug-likeness (QED) is 0.527. The summed E-state index contributed by atoms with van der Waals surface area (Å²) >= 11 is 2.23. The standard InChI is InChI=1S/C6H6IN/c7-5-2-1-3-6(8)4-5/h1-4H,8H2/i7+4. The smallest absolute Gasteiger partial charge is 0.0324 e. The second-order valence-electron chi connectivity index (χ2n) is 1.56. The van der Waals surface area contributed by atoms with Crippen LogP contribution in [0.3, 0.4) is 0 Å². The molecule has 0 aliphatic carbocycles. The van der Waals surface area contributed by atoms with E-state index in [1.165, 1.54) is 3.57 Å². The highest BCUT2D eigenvalue weighted by molar-refractivity contribution is 14.1. The number of halogens is 1. The molecule has 1 aromatic rings. The zero-order chi connectivity index (χ0) is 5.98. The van der Waals surface area contributed by atoms with E-state index < -0.39 is 0 Å². The van der Waals surface area contributed by atoms with Gasteiger partial charge in [-0.1, -0.05) is 6.07 Å². The molecule has 0 radical (unpaired) electrons. The van der Waals surface area contributed by atoms with E-state index >= 15 is 0 Å². The van der Waals surface area contributed by atoms with E-state index in [9.17, 15) is 0 Å². The van der Waals surface area contributed by atoms with Crippen LogP contribution in [0.1, 0.15) is 0 Å². The predicted molar refractivity (Wildman–Crippen MR) is 43.6 cm³/mol. The fourth-order valence-electron chi connectivity index (χ4n) is 0.507. The van der Waals surface area contributed by atoms with Crippen molar-refractivity contribution in [3.8, 4) is 0 Å². The Labute approximate surface area is 62.0 Å². The topological polar surface area (TPSA) is 26.0 Å². The van der Waals surface area contributed by atoms with Crippen molar-refractivity contribution in [3.05, 3.63) is 27.8 Å². The molecule has 0 fully saturated rings. The van der Waals surface area contributed by atoms with Gasteiger partial charge in [-0.3, -0.25) is 0 Å². The molecule has 1 nitrogen and oxygen atoms in total. The molecular weight excluding hydrogens is 217 g/mol. The van der Waals surface area contributed by atoms with Gasteiger partial charge in [0, 0.05) is 9.26 Å². The van der Waals surface area contributed by atoms with Crippen LogP contribution in [0.25, 0.3) is 0 Å². The highest BCUT2D eigenvalue weighted by Crippen LogP contribution is 2.07. The zero-order valence-corrected chi connectivity index (χ0v) is 6.42.